The molecule has 0 fully saturated rings. The van der Waals surface area contributed by atoms with Gasteiger partial charge in [-0.25, -0.2) is 0 Å². The van der Waals surface area contributed by atoms with Gasteiger partial charge in [-0.05, 0) is 13.0 Å². The second kappa shape index (κ2) is 3.40. The molecular weight excluding hydrogens is 174 g/mol. The number of benzene rings is 1. The highest BCUT2D eigenvalue weighted by Gasteiger charge is 2.12. The van der Waals surface area contributed by atoms with E-state index in [0.717, 1.165) is 6.07 Å². The van der Waals surface area contributed by atoms with Gasteiger partial charge in [0.1, 0.15) is 5.75 Å². The number of nitro groups is 1. The van der Waals surface area contributed by atoms with Crippen LogP contribution in [0.25, 0.3) is 0 Å². The average molecular weight is 183 g/mol. The Hall–Kier alpha value is -1.62. The zero-order valence-corrected chi connectivity index (χ0v) is 6.97. The standard InChI is InChI=1S/C8H9NO4/c1-5(10)7-3-2-6(9(12)13)4-8(7)11/h2-5,10-11H,1H3. The van der Waals surface area contributed by atoms with Gasteiger partial charge in [-0.3, -0.25) is 10.1 Å². The molecule has 1 atom stereocenters. The molecule has 5 nitrogen and oxygen atoms in total. The normalized spacial score (nSPS) is 12.5. The summed E-state index contributed by atoms with van der Waals surface area (Å²) >= 11 is 0. The number of hydrogen-bond acceptors (Lipinski definition) is 4. The van der Waals surface area contributed by atoms with Crippen molar-refractivity contribution in [1.82, 2.24) is 0 Å². The van der Waals surface area contributed by atoms with E-state index >= 15 is 0 Å². The second-order valence-electron chi connectivity index (χ2n) is 2.68. The largest absolute Gasteiger partial charge is 0.507 e. The van der Waals surface area contributed by atoms with Crippen LogP contribution in [0.4, 0.5) is 5.69 Å². The van der Waals surface area contributed by atoms with Gasteiger partial charge in [-0.2, -0.15) is 0 Å². The summed E-state index contributed by atoms with van der Waals surface area (Å²) in [6, 6.07) is 3.59. The fraction of sp³-hybridized carbons (Fsp3) is 0.250. The van der Waals surface area contributed by atoms with Crippen molar-refractivity contribution in [1.29, 1.82) is 0 Å². The van der Waals surface area contributed by atoms with Gasteiger partial charge in [0.2, 0.25) is 0 Å². The molecule has 0 saturated heterocycles. The van der Waals surface area contributed by atoms with Crippen molar-refractivity contribution in [2.45, 2.75) is 13.0 Å². The zero-order chi connectivity index (χ0) is 10.0. The zero-order valence-electron chi connectivity index (χ0n) is 6.97. The van der Waals surface area contributed by atoms with Gasteiger partial charge in [0.15, 0.2) is 0 Å². The molecule has 0 radical (unpaired) electrons. The SMILES string of the molecule is CC(O)c1ccc([N+](=O)[O-])cc1O. The van der Waals surface area contributed by atoms with Gasteiger partial charge in [0.05, 0.1) is 17.1 Å². The van der Waals surface area contributed by atoms with Crippen LogP contribution < -0.4 is 0 Å². The van der Waals surface area contributed by atoms with Crippen LogP contribution in [0.1, 0.15) is 18.6 Å². The Morgan fingerprint density at radius 3 is 2.54 bits per heavy atom. The Morgan fingerprint density at radius 2 is 2.15 bits per heavy atom. The highest BCUT2D eigenvalue weighted by molar-refractivity contribution is 5.44. The van der Waals surface area contributed by atoms with E-state index in [-0.39, 0.29) is 17.0 Å². The lowest BCUT2D eigenvalue weighted by molar-refractivity contribution is -0.385. The lowest BCUT2D eigenvalue weighted by atomic mass is 10.1. The summed E-state index contributed by atoms with van der Waals surface area (Å²) in [6.07, 6.45) is -0.833. The summed E-state index contributed by atoms with van der Waals surface area (Å²) in [7, 11) is 0. The molecule has 0 amide bonds. The van der Waals surface area contributed by atoms with Gasteiger partial charge >= 0.3 is 0 Å². The van der Waals surface area contributed by atoms with Crippen molar-refractivity contribution in [3.05, 3.63) is 33.9 Å². The number of nitro benzene ring substituents is 1. The predicted octanol–water partition coefficient (Wildman–Crippen LogP) is 1.35. The van der Waals surface area contributed by atoms with Crippen LogP contribution in [0.3, 0.4) is 0 Å². The summed E-state index contributed by atoms with van der Waals surface area (Å²) < 4.78 is 0. The highest BCUT2D eigenvalue weighted by Crippen LogP contribution is 2.27. The Balaban J connectivity index is 3.13. The second-order valence-corrected chi connectivity index (χ2v) is 2.68. The maximum absolute atomic E-state index is 10.3. The molecule has 5 heteroatoms. The molecule has 0 saturated carbocycles. The number of aliphatic hydroxyl groups excluding tert-OH is 1. The first-order valence-corrected chi connectivity index (χ1v) is 3.67. The number of aromatic hydroxyl groups is 1. The van der Waals surface area contributed by atoms with E-state index in [1.165, 1.54) is 19.1 Å². The maximum Gasteiger partial charge on any atom is 0.273 e. The first kappa shape index (κ1) is 9.47. The van der Waals surface area contributed by atoms with Crippen LogP contribution in [-0.4, -0.2) is 15.1 Å². The van der Waals surface area contributed by atoms with Crippen molar-refractivity contribution < 1.29 is 15.1 Å². The van der Waals surface area contributed by atoms with E-state index in [1.54, 1.807) is 0 Å². The van der Waals surface area contributed by atoms with Crippen LogP contribution in [0.15, 0.2) is 18.2 Å². The fourth-order valence-electron chi connectivity index (χ4n) is 0.999. The lowest BCUT2D eigenvalue weighted by Crippen LogP contribution is -1.93. The Kier molecular flexibility index (Phi) is 2.48. The summed E-state index contributed by atoms with van der Waals surface area (Å²) in [5.74, 6) is -0.260. The molecule has 0 spiro atoms. The summed E-state index contributed by atoms with van der Waals surface area (Å²) in [5, 5.41) is 28.6. The van der Waals surface area contributed by atoms with Crippen molar-refractivity contribution in [2.75, 3.05) is 0 Å². The fourth-order valence-corrected chi connectivity index (χ4v) is 0.999. The van der Waals surface area contributed by atoms with Gasteiger partial charge in [-0.15, -0.1) is 0 Å². The number of rotatable bonds is 2. The van der Waals surface area contributed by atoms with E-state index < -0.39 is 11.0 Å². The maximum atomic E-state index is 10.3. The third kappa shape index (κ3) is 1.94. The monoisotopic (exact) mass is 183 g/mol. The average Bonchev–Trinajstić information content (AvgIpc) is 2.03. The smallest absolute Gasteiger partial charge is 0.273 e. The summed E-state index contributed by atoms with van der Waals surface area (Å²) in [4.78, 5) is 9.66. The van der Waals surface area contributed by atoms with Crippen molar-refractivity contribution in [2.24, 2.45) is 0 Å². The van der Waals surface area contributed by atoms with E-state index in [0.29, 0.717) is 0 Å². The van der Waals surface area contributed by atoms with Crippen LogP contribution in [-0.2, 0) is 0 Å². The molecule has 0 aliphatic heterocycles. The van der Waals surface area contributed by atoms with Crippen molar-refractivity contribution in [3.63, 3.8) is 0 Å². The third-order valence-corrected chi connectivity index (χ3v) is 1.67. The molecule has 1 unspecified atom stereocenters. The molecule has 13 heavy (non-hydrogen) atoms. The van der Waals surface area contributed by atoms with E-state index in [1.807, 2.05) is 0 Å². The minimum atomic E-state index is -0.833. The third-order valence-electron chi connectivity index (χ3n) is 1.67. The van der Waals surface area contributed by atoms with Crippen LogP contribution in [0, 0.1) is 10.1 Å². The van der Waals surface area contributed by atoms with Gasteiger partial charge in [0, 0.05) is 11.6 Å². The van der Waals surface area contributed by atoms with Gasteiger partial charge in [-0.1, -0.05) is 0 Å². The first-order valence-electron chi connectivity index (χ1n) is 3.67. The topological polar surface area (TPSA) is 83.6 Å². The Morgan fingerprint density at radius 1 is 1.54 bits per heavy atom. The molecule has 1 rings (SSSR count). The molecule has 70 valence electrons. The van der Waals surface area contributed by atoms with E-state index in [4.69, 9.17) is 5.11 Å². The van der Waals surface area contributed by atoms with Gasteiger partial charge in [0.25, 0.3) is 5.69 Å². The minimum absolute atomic E-state index is 0.193. The highest BCUT2D eigenvalue weighted by atomic mass is 16.6. The molecule has 1 aromatic rings. The molecule has 0 heterocycles. The molecule has 0 aliphatic rings. The predicted molar refractivity (Wildman–Crippen MR) is 45.4 cm³/mol. The van der Waals surface area contributed by atoms with E-state index in [2.05, 4.69) is 0 Å². The Labute approximate surface area is 74.4 Å². The lowest BCUT2D eigenvalue weighted by Gasteiger charge is -2.05. The van der Waals surface area contributed by atoms with E-state index in [9.17, 15) is 15.2 Å². The first-order chi connectivity index (χ1) is 6.02. The quantitative estimate of drug-likeness (QED) is 0.535. The molecule has 1 aromatic carbocycles. The van der Waals surface area contributed by atoms with Gasteiger partial charge < -0.3 is 10.2 Å². The number of phenols is 1. The molecule has 0 aliphatic carbocycles. The summed E-state index contributed by atoms with van der Waals surface area (Å²) in [6.45, 7) is 1.47. The van der Waals surface area contributed by atoms with Crippen LogP contribution >= 0.6 is 0 Å². The molecule has 0 bridgehead atoms. The number of non-ortho nitro benzene ring substituents is 1. The number of nitrogens with zero attached hydrogens (tertiary/aromatic N) is 1. The molecule has 0 aromatic heterocycles. The van der Waals surface area contributed by atoms with Crippen molar-refractivity contribution >= 4 is 5.69 Å². The van der Waals surface area contributed by atoms with Crippen LogP contribution in [0.5, 0.6) is 5.75 Å². The summed E-state index contributed by atoms with van der Waals surface area (Å²) in [5.41, 5.74) is 0.0903. The number of phenolic OH excluding ortho intramolecular Hbond substituents is 1. The number of aliphatic hydroxyl groups is 1. The van der Waals surface area contributed by atoms with Crippen molar-refractivity contribution in [3.8, 4) is 5.75 Å². The van der Waals surface area contributed by atoms with Crippen LogP contribution in [0.2, 0.25) is 0 Å². The minimum Gasteiger partial charge on any atom is -0.507 e. The molecule has 2 N–H and O–H groups in total. The number of hydrogen-bond donors (Lipinski definition) is 2. The Bertz CT molecular complexity index is 335. The molecular formula is C8H9NO4.